The van der Waals surface area contributed by atoms with Gasteiger partial charge in [-0.2, -0.15) is 5.10 Å². The summed E-state index contributed by atoms with van der Waals surface area (Å²) in [4.78, 5) is 15.2. The van der Waals surface area contributed by atoms with Crippen LogP contribution in [0.2, 0.25) is 0 Å². The van der Waals surface area contributed by atoms with Crippen molar-refractivity contribution >= 4 is 11.7 Å². The van der Waals surface area contributed by atoms with Gasteiger partial charge in [0.25, 0.3) is 5.91 Å². The van der Waals surface area contributed by atoms with E-state index >= 15 is 0 Å². The smallest absolute Gasteiger partial charge is 0.259 e. The molecule has 82 valence electrons. The maximum Gasteiger partial charge on any atom is 0.259 e. The molecular weight excluding hydrogens is 211 g/mol. The molecule has 2 rings (SSSR count). The van der Waals surface area contributed by atoms with Crippen molar-refractivity contribution in [3.8, 4) is 0 Å². The summed E-state index contributed by atoms with van der Waals surface area (Å²) >= 11 is 0. The number of aromatic nitrogens is 3. The maximum absolute atomic E-state index is 13.2. The summed E-state index contributed by atoms with van der Waals surface area (Å²) in [7, 11) is 1.72. The molecule has 5 nitrogen and oxygen atoms in total. The second-order valence-corrected chi connectivity index (χ2v) is 3.18. The lowest BCUT2D eigenvalue weighted by Crippen LogP contribution is -2.14. The average molecular weight is 220 g/mol. The van der Waals surface area contributed by atoms with Gasteiger partial charge in [0.05, 0.1) is 11.8 Å². The van der Waals surface area contributed by atoms with Gasteiger partial charge >= 0.3 is 0 Å². The molecule has 0 aromatic carbocycles. The van der Waals surface area contributed by atoms with Gasteiger partial charge in [-0.1, -0.05) is 0 Å². The minimum absolute atomic E-state index is 0.0550. The van der Waals surface area contributed by atoms with Crippen LogP contribution in [0.1, 0.15) is 10.4 Å². The van der Waals surface area contributed by atoms with Gasteiger partial charge < -0.3 is 5.32 Å². The molecule has 0 unspecified atom stereocenters. The van der Waals surface area contributed by atoms with Crippen molar-refractivity contribution in [3.63, 3.8) is 0 Å². The molecule has 0 saturated carbocycles. The van der Waals surface area contributed by atoms with Crippen molar-refractivity contribution in [2.75, 3.05) is 5.32 Å². The van der Waals surface area contributed by atoms with Gasteiger partial charge in [-0.25, -0.2) is 4.39 Å². The highest BCUT2D eigenvalue weighted by atomic mass is 19.1. The Morgan fingerprint density at radius 1 is 1.50 bits per heavy atom. The first kappa shape index (κ1) is 10.3. The summed E-state index contributed by atoms with van der Waals surface area (Å²) in [5, 5.41) is 6.43. The van der Waals surface area contributed by atoms with Crippen LogP contribution in [-0.4, -0.2) is 20.7 Å². The van der Waals surface area contributed by atoms with E-state index in [0.29, 0.717) is 5.82 Å². The zero-order valence-electron chi connectivity index (χ0n) is 8.51. The number of rotatable bonds is 2. The molecule has 0 atom stereocenters. The highest BCUT2D eigenvalue weighted by molar-refractivity contribution is 6.03. The summed E-state index contributed by atoms with van der Waals surface area (Å²) in [5.41, 5.74) is -0.0550. The molecule has 0 aliphatic rings. The Kier molecular flexibility index (Phi) is 2.63. The molecule has 2 heterocycles. The van der Waals surface area contributed by atoms with Gasteiger partial charge in [-0.3, -0.25) is 14.5 Å². The van der Waals surface area contributed by atoms with Crippen molar-refractivity contribution in [1.82, 2.24) is 14.8 Å². The normalized spacial score (nSPS) is 10.1. The molecule has 0 saturated heterocycles. The monoisotopic (exact) mass is 220 g/mol. The van der Waals surface area contributed by atoms with Crippen LogP contribution in [0.15, 0.2) is 30.7 Å². The van der Waals surface area contributed by atoms with E-state index < -0.39 is 11.7 Å². The van der Waals surface area contributed by atoms with E-state index in [4.69, 9.17) is 0 Å². The van der Waals surface area contributed by atoms with Gasteiger partial charge in [0.15, 0.2) is 11.6 Å². The number of nitrogens with one attached hydrogen (secondary N) is 1. The predicted molar refractivity (Wildman–Crippen MR) is 55.4 cm³/mol. The molecule has 0 radical (unpaired) electrons. The van der Waals surface area contributed by atoms with Crippen LogP contribution in [0, 0.1) is 5.82 Å². The van der Waals surface area contributed by atoms with Gasteiger partial charge in [0, 0.05) is 25.5 Å². The summed E-state index contributed by atoms with van der Waals surface area (Å²) in [6.45, 7) is 0. The van der Waals surface area contributed by atoms with E-state index in [0.717, 1.165) is 6.20 Å². The number of hydrogen-bond acceptors (Lipinski definition) is 3. The molecular formula is C10H9FN4O. The lowest BCUT2D eigenvalue weighted by atomic mass is 10.2. The zero-order valence-corrected chi connectivity index (χ0v) is 8.51. The molecule has 0 fully saturated rings. The third-order valence-electron chi connectivity index (χ3n) is 1.97. The summed E-state index contributed by atoms with van der Waals surface area (Å²) in [5.74, 6) is -0.821. The Labute approximate surface area is 90.9 Å². The molecule has 0 spiro atoms. The molecule has 0 aliphatic heterocycles. The molecule has 2 aromatic rings. The SMILES string of the molecule is Cn1ccc(NC(=O)c2ccncc2F)n1. The fourth-order valence-electron chi connectivity index (χ4n) is 1.22. The minimum Gasteiger partial charge on any atom is -0.305 e. The van der Waals surface area contributed by atoms with Crippen LogP contribution in [0.3, 0.4) is 0 Å². The van der Waals surface area contributed by atoms with E-state index in [1.54, 1.807) is 24.0 Å². The van der Waals surface area contributed by atoms with Gasteiger partial charge in [-0.05, 0) is 6.07 Å². The summed E-state index contributed by atoms with van der Waals surface area (Å²) in [6.07, 6.45) is 4.03. The van der Waals surface area contributed by atoms with Crippen LogP contribution in [0.4, 0.5) is 10.2 Å². The largest absolute Gasteiger partial charge is 0.305 e. The quantitative estimate of drug-likeness (QED) is 0.827. The number of nitrogens with zero attached hydrogens (tertiary/aromatic N) is 3. The third kappa shape index (κ3) is 2.05. The Morgan fingerprint density at radius 2 is 2.31 bits per heavy atom. The van der Waals surface area contributed by atoms with Crippen molar-refractivity contribution in [2.24, 2.45) is 7.05 Å². The number of carbonyl (C=O) groups is 1. The van der Waals surface area contributed by atoms with E-state index in [9.17, 15) is 9.18 Å². The lowest BCUT2D eigenvalue weighted by Gasteiger charge is -2.02. The van der Waals surface area contributed by atoms with E-state index in [1.165, 1.54) is 12.3 Å². The highest BCUT2D eigenvalue weighted by Crippen LogP contribution is 2.08. The minimum atomic E-state index is -0.657. The number of aryl methyl sites for hydroxylation is 1. The molecule has 2 aromatic heterocycles. The highest BCUT2D eigenvalue weighted by Gasteiger charge is 2.12. The lowest BCUT2D eigenvalue weighted by molar-refractivity contribution is 0.102. The number of carbonyl (C=O) groups excluding carboxylic acids is 1. The number of anilines is 1. The van der Waals surface area contributed by atoms with Crippen molar-refractivity contribution in [2.45, 2.75) is 0 Å². The van der Waals surface area contributed by atoms with E-state index in [2.05, 4.69) is 15.4 Å². The molecule has 1 N–H and O–H groups in total. The molecule has 1 amide bonds. The average Bonchev–Trinajstić information content (AvgIpc) is 2.64. The summed E-state index contributed by atoms with van der Waals surface area (Å²) < 4.78 is 14.7. The fourth-order valence-corrected chi connectivity index (χ4v) is 1.22. The van der Waals surface area contributed by atoms with Gasteiger partial charge in [0.2, 0.25) is 0 Å². The molecule has 16 heavy (non-hydrogen) atoms. The van der Waals surface area contributed by atoms with Crippen LogP contribution in [-0.2, 0) is 7.05 Å². The first-order chi connectivity index (χ1) is 7.66. The first-order valence-electron chi connectivity index (χ1n) is 4.57. The Morgan fingerprint density at radius 3 is 2.94 bits per heavy atom. The Bertz CT molecular complexity index is 523. The number of pyridine rings is 1. The molecule has 0 bridgehead atoms. The fraction of sp³-hybridized carbons (Fsp3) is 0.100. The van der Waals surface area contributed by atoms with E-state index in [-0.39, 0.29) is 5.56 Å². The van der Waals surface area contributed by atoms with Crippen LogP contribution in [0.25, 0.3) is 0 Å². The standard InChI is InChI=1S/C10H9FN4O/c1-15-5-3-9(14-15)13-10(16)7-2-4-12-6-8(7)11/h2-6H,1H3,(H,13,14,16). The van der Waals surface area contributed by atoms with Gasteiger partial charge in [-0.15, -0.1) is 0 Å². The van der Waals surface area contributed by atoms with Crippen molar-refractivity contribution < 1.29 is 9.18 Å². The Balaban J connectivity index is 2.18. The van der Waals surface area contributed by atoms with Crippen molar-refractivity contribution in [1.29, 1.82) is 0 Å². The second kappa shape index (κ2) is 4.09. The first-order valence-corrected chi connectivity index (χ1v) is 4.57. The second-order valence-electron chi connectivity index (χ2n) is 3.18. The number of amides is 1. The number of halogens is 1. The molecule has 0 aliphatic carbocycles. The summed E-state index contributed by atoms with van der Waals surface area (Å²) in [6, 6.07) is 2.94. The zero-order chi connectivity index (χ0) is 11.5. The van der Waals surface area contributed by atoms with Gasteiger partial charge in [0.1, 0.15) is 0 Å². The topological polar surface area (TPSA) is 59.8 Å². The van der Waals surface area contributed by atoms with Crippen LogP contribution >= 0.6 is 0 Å². The third-order valence-corrected chi connectivity index (χ3v) is 1.97. The predicted octanol–water partition coefficient (Wildman–Crippen LogP) is 1.21. The van der Waals surface area contributed by atoms with Crippen molar-refractivity contribution in [3.05, 3.63) is 42.1 Å². The Hall–Kier alpha value is -2.24. The van der Waals surface area contributed by atoms with Crippen LogP contribution in [0.5, 0.6) is 0 Å². The number of hydrogen-bond donors (Lipinski definition) is 1. The molecule has 6 heteroatoms. The van der Waals surface area contributed by atoms with E-state index in [1.807, 2.05) is 0 Å². The van der Waals surface area contributed by atoms with Crippen LogP contribution < -0.4 is 5.32 Å². The maximum atomic E-state index is 13.2.